The minimum atomic E-state index is -3.62. The van der Waals surface area contributed by atoms with Gasteiger partial charge in [0.1, 0.15) is 5.82 Å². The predicted octanol–water partition coefficient (Wildman–Crippen LogP) is 3.15. The largest absolute Gasteiger partial charge is 0.379 e. The van der Waals surface area contributed by atoms with Crippen LogP contribution >= 0.6 is 23.4 Å². The van der Waals surface area contributed by atoms with Gasteiger partial charge in [-0.2, -0.15) is 4.31 Å². The first-order valence-electron chi connectivity index (χ1n) is 13.1. The Morgan fingerprint density at radius 1 is 1.07 bits per heavy atom. The van der Waals surface area contributed by atoms with Crippen LogP contribution in [0.15, 0.2) is 61.9 Å². The number of aromatic amines is 1. The number of hydrogen-bond donors (Lipinski definition) is 1. The number of aliphatic imine (C=N–C) groups is 1. The number of aryl methyl sites for hydroxylation is 1. The third-order valence-electron chi connectivity index (χ3n) is 7.15. The van der Waals surface area contributed by atoms with Gasteiger partial charge >= 0.3 is 5.69 Å². The molecule has 4 aromatic rings. The highest BCUT2D eigenvalue weighted by Gasteiger charge is 2.28. The summed E-state index contributed by atoms with van der Waals surface area (Å²) < 4.78 is 36.2. The van der Waals surface area contributed by atoms with Gasteiger partial charge in [0.2, 0.25) is 10.0 Å². The molecule has 2 aromatic carbocycles. The Morgan fingerprint density at radius 3 is 2.56 bits per heavy atom. The summed E-state index contributed by atoms with van der Waals surface area (Å²) in [4.78, 5) is 37.7. The fourth-order valence-corrected chi connectivity index (χ4v) is 7.54. The van der Waals surface area contributed by atoms with E-state index in [2.05, 4.69) is 4.98 Å². The number of thioether (sulfide) groups is 1. The van der Waals surface area contributed by atoms with Gasteiger partial charge < -0.3 is 9.30 Å². The number of hydrogen-bond acceptors (Lipinski definition) is 8. The van der Waals surface area contributed by atoms with Crippen LogP contribution < -0.4 is 11.2 Å². The maximum absolute atomic E-state index is 13.1. The molecule has 0 bridgehead atoms. The minimum Gasteiger partial charge on any atom is -0.379 e. The van der Waals surface area contributed by atoms with Gasteiger partial charge in [0.05, 0.1) is 41.1 Å². The standard InChI is InChI=1S/C27H27ClN6O5S2/c1-2-33-22(30-25-24(33)26(35)31-27(36)34(25)15-17-3-6-19(28)7-4-17)16-40-23-13-18-5-8-20(14-21(18)29-23)41(37,38)32-9-11-39-12-10-32/h3-8,14H,2,9-13,15-16H2,1H3,(H,31,35,36). The van der Waals surface area contributed by atoms with Crippen molar-refractivity contribution < 1.29 is 13.2 Å². The number of aromatic nitrogens is 4. The van der Waals surface area contributed by atoms with Crippen molar-refractivity contribution >= 4 is 55.3 Å². The smallest absolute Gasteiger partial charge is 0.330 e. The number of ether oxygens (including phenoxy) is 1. The first-order valence-corrected chi connectivity index (χ1v) is 15.9. The molecule has 14 heteroatoms. The quantitative estimate of drug-likeness (QED) is 0.338. The number of halogens is 1. The van der Waals surface area contributed by atoms with Crippen LogP contribution in [0, 0.1) is 0 Å². The van der Waals surface area contributed by atoms with Gasteiger partial charge in [0.25, 0.3) is 5.56 Å². The van der Waals surface area contributed by atoms with E-state index < -0.39 is 21.3 Å². The molecule has 1 saturated heterocycles. The van der Waals surface area contributed by atoms with E-state index in [0.29, 0.717) is 72.7 Å². The second-order valence-electron chi connectivity index (χ2n) is 9.69. The van der Waals surface area contributed by atoms with E-state index in [0.717, 1.165) is 16.2 Å². The van der Waals surface area contributed by atoms with Crippen molar-refractivity contribution in [3.8, 4) is 0 Å². The lowest BCUT2D eigenvalue weighted by molar-refractivity contribution is 0.0730. The number of rotatable bonds is 7. The molecule has 1 fully saturated rings. The molecule has 2 aliphatic rings. The minimum absolute atomic E-state index is 0.221. The summed E-state index contributed by atoms with van der Waals surface area (Å²) >= 11 is 7.48. The Labute approximate surface area is 244 Å². The number of benzene rings is 2. The SMILES string of the molecule is CCn1c(CSC2=Nc3cc(S(=O)(=O)N4CCOCC4)ccc3C2)nc2c1c(=O)[nH]c(=O)n2Cc1ccc(Cl)cc1. The van der Waals surface area contributed by atoms with Crippen LogP contribution in [0.2, 0.25) is 5.02 Å². The van der Waals surface area contributed by atoms with E-state index in [9.17, 15) is 18.0 Å². The van der Waals surface area contributed by atoms with Crippen molar-refractivity contribution in [3.63, 3.8) is 0 Å². The number of H-pyrrole nitrogens is 1. The molecule has 0 spiro atoms. The molecule has 1 N–H and O–H groups in total. The maximum atomic E-state index is 13.1. The van der Waals surface area contributed by atoms with Crippen LogP contribution in [0.1, 0.15) is 23.9 Å². The summed E-state index contributed by atoms with van der Waals surface area (Å²) in [6, 6.07) is 12.2. The van der Waals surface area contributed by atoms with E-state index in [4.69, 9.17) is 26.3 Å². The normalized spacial score (nSPS) is 15.8. The Bertz CT molecular complexity index is 1890. The number of nitrogens with zero attached hydrogens (tertiary/aromatic N) is 5. The highest BCUT2D eigenvalue weighted by atomic mass is 35.5. The van der Waals surface area contributed by atoms with E-state index in [1.54, 1.807) is 24.3 Å². The highest BCUT2D eigenvalue weighted by molar-refractivity contribution is 8.13. The summed E-state index contributed by atoms with van der Waals surface area (Å²) in [5.41, 5.74) is 2.08. The second-order valence-corrected chi connectivity index (χ2v) is 13.1. The van der Waals surface area contributed by atoms with Crippen molar-refractivity contribution in [2.45, 2.75) is 37.1 Å². The summed E-state index contributed by atoms with van der Waals surface area (Å²) in [6.45, 7) is 4.07. The molecule has 6 rings (SSSR count). The van der Waals surface area contributed by atoms with Gasteiger partial charge in [-0.15, -0.1) is 11.8 Å². The molecular weight excluding hydrogens is 588 g/mol. The maximum Gasteiger partial charge on any atom is 0.330 e. The predicted molar refractivity (Wildman–Crippen MR) is 159 cm³/mol. The third kappa shape index (κ3) is 5.40. The van der Waals surface area contributed by atoms with Gasteiger partial charge in [-0.05, 0) is 42.3 Å². The average Bonchev–Trinajstić information content (AvgIpc) is 3.56. The molecule has 0 unspecified atom stereocenters. The number of sulfonamides is 1. The summed E-state index contributed by atoms with van der Waals surface area (Å²) in [5, 5.41) is 1.41. The lowest BCUT2D eigenvalue weighted by Gasteiger charge is -2.26. The summed E-state index contributed by atoms with van der Waals surface area (Å²) in [6.07, 6.45) is 0.575. The second kappa shape index (κ2) is 11.2. The zero-order chi connectivity index (χ0) is 28.7. The van der Waals surface area contributed by atoms with Crippen LogP contribution in [-0.2, 0) is 40.0 Å². The molecule has 2 aliphatic heterocycles. The van der Waals surface area contributed by atoms with Crippen LogP contribution in [0.5, 0.6) is 0 Å². The van der Waals surface area contributed by atoms with Crippen LogP contribution in [0.3, 0.4) is 0 Å². The van der Waals surface area contributed by atoms with E-state index in [1.807, 2.05) is 29.7 Å². The van der Waals surface area contributed by atoms with E-state index in [1.165, 1.54) is 20.6 Å². The molecule has 0 atom stereocenters. The summed E-state index contributed by atoms with van der Waals surface area (Å²) in [7, 11) is -3.62. The van der Waals surface area contributed by atoms with E-state index in [-0.39, 0.29) is 11.4 Å². The Kier molecular flexibility index (Phi) is 7.64. The lowest BCUT2D eigenvalue weighted by atomic mass is 10.2. The van der Waals surface area contributed by atoms with Gasteiger partial charge in [-0.1, -0.05) is 29.8 Å². The molecule has 4 heterocycles. The topological polar surface area (TPSA) is 132 Å². The zero-order valence-corrected chi connectivity index (χ0v) is 24.6. The molecule has 0 aliphatic carbocycles. The van der Waals surface area contributed by atoms with Gasteiger partial charge in [-0.3, -0.25) is 14.3 Å². The highest BCUT2D eigenvalue weighted by Crippen LogP contribution is 2.34. The van der Waals surface area contributed by atoms with Crippen molar-refractivity contribution in [1.29, 1.82) is 0 Å². The molecule has 0 saturated carbocycles. The van der Waals surface area contributed by atoms with Crippen molar-refractivity contribution in [2.24, 2.45) is 4.99 Å². The molecule has 11 nitrogen and oxygen atoms in total. The molecular formula is C27H27ClN6O5S2. The first kappa shape index (κ1) is 27.9. The Balaban J connectivity index is 1.26. The first-order chi connectivity index (χ1) is 19.7. The Hall–Kier alpha value is -3.23. The number of nitrogens with one attached hydrogen (secondary N) is 1. The number of fused-ring (bicyclic) bond motifs is 2. The number of imidazole rings is 1. The zero-order valence-electron chi connectivity index (χ0n) is 22.2. The van der Waals surface area contributed by atoms with Gasteiger partial charge in [0.15, 0.2) is 11.2 Å². The van der Waals surface area contributed by atoms with Crippen LogP contribution in [0.4, 0.5) is 5.69 Å². The van der Waals surface area contributed by atoms with Crippen LogP contribution in [0.25, 0.3) is 11.2 Å². The fourth-order valence-electron chi connectivity index (χ4n) is 5.05. The van der Waals surface area contributed by atoms with Crippen LogP contribution in [-0.4, -0.2) is 63.2 Å². The monoisotopic (exact) mass is 614 g/mol. The average molecular weight is 615 g/mol. The van der Waals surface area contributed by atoms with E-state index >= 15 is 0 Å². The Morgan fingerprint density at radius 2 is 1.83 bits per heavy atom. The third-order valence-corrected chi connectivity index (χ3v) is 10.3. The molecule has 214 valence electrons. The lowest BCUT2D eigenvalue weighted by Crippen LogP contribution is -2.40. The van der Waals surface area contributed by atoms with Crippen molar-refractivity contribution in [3.05, 3.63) is 85.3 Å². The summed E-state index contributed by atoms with van der Waals surface area (Å²) in [5.74, 6) is 1.06. The fraction of sp³-hybridized carbons (Fsp3) is 0.333. The van der Waals surface area contributed by atoms with Gasteiger partial charge in [0, 0.05) is 31.1 Å². The van der Waals surface area contributed by atoms with Crippen molar-refractivity contribution in [2.75, 3.05) is 26.3 Å². The molecule has 0 amide bonds. The number of morpholine rings is 1. The van der Waals surface area contributed by atoms with Crippen molar-refractivity contribution in [1.82, 2.24) is 23.4 Å². The molecule has 0 radical (unpaired) electrons. The molecule has 41 heavy (non-hydrogen) atoms. The van der Waals surface area contributed by atoms with Gasteiger partial charge in [-0.25, -0.2) is 23.2 Å². The molecule has 2 aromatic heterocycles.